The second kappa shape index (κ2) is 7.49. The van der Waals surface area contributed by atoms with Crippen molar-refractivity contribution < 1.29 is 22.7 Å². The fourth-order valence-electron chi connectivity index (χ4n) is 1.30. The molecule has 0 saturated heterocycles. The fraction of sp³-hybridized carbons (Fsp3) is 0.417. The van der Waals surface area contributed by atoms with Gasteiger partial charge in [-0.1, -0.05) is 28.1 Å². The first-order valence-corrected chi connectivity index (χ1v) is 6.32. The van der Waals surface area contributed by atoms with Crippen LogP contribution in [0, 0.1) is 0 Å². The Morgan fingerprint density at radius 2 is 1.89 bits per heavy atom. The predicted molar refractivity (Wildman–Crippen MR) is 67.7 cm³/mol. The number of carbonyl (C=O) groups is 1. The third-order valence-corrected chi connectivity index (χ3v) is 2.64. The molecule has 0 aliphatic carbocycles. The summed E-state index contributed by atoms with van der Waals surface area (Å²) in [6, 6.07) is 7.22. The van der Waals surface area contributed by atoms with Crippen LogP contribution in [0.25, 0.3) is 0 Å². The van der Waals surface area contributed by atoms with E-state index in [1.54, 1.807) is 12.1 Å². The highest BCUT2D eigenvalue weighted by Gasteiger charge is 2.27. The fourth-order valence-corrected chi connectivity index (χ4v) is 1.57. The Balaban J connectivity index is 2.16. The van der Waals surface area contributed by atoms with Gasteiger partial charge in [0.1, 0.15) is 6.61 Å². The molecule has 0 aliphatic heterocycles. The number of ether oxygens (including phenoxy) is 1. The van der Waals surface area contributed by atoms with Crippen molar-refractivity contribution in [3.05, 3.63) is 34.3 Å². The summed E-state index contributed by atoms with van der Waals surface area (Å²) in [5.74, 6) is -0.252. The van der Waals surface area contributed by atoms with Crippen LogP contribution in [0.15, 0.2) is 28.7 Å². The minimum absolute atomic E-state index is 0.0610. The Morgan fingerprint density at radius 3 is 2.47 bits per heavy atom. The van der Waals surface area contributed by atoms with Gasteiger partial charge in [0.15, 0.2) is 0 Å². The number of hydrogen-bond acceptors (Lipinski definition) is 2. The van der Waals surface area contributed by atoms with Gasteiger partial charge in [0.25, 0.3) is 0 Å². The number of nitrogens with one attached hydrogen (secondary N) is 1. The smallest absolute Gasteiger partial charge is 0.370 e. The number of benzene rings is 1. The molecular formula is C12H13BrF3NO2. The van der Waals surface area contributed by atoms with Crippen molar-refractivity contribution in [2.45, 2.75) is 12.6 Å². The van der Waals surface area contributed by atoms with E-state index in [1.807, 2.05) is 12.1 Å². The number of rotatable bonds is 6. The molecule has 3 nitrogen and oxygen atoms in total. The van der Waals surface area contributed by atoms with Gasteiger partial charge in [0.05, 0.1) is 13.0 Å². The lowest BCUT2D eigenvalue weighted by molar-refractivity contribution is -0.173. The normalized spacial score (nSPS) is 11.4. The molecule has 0 aliphatic rings. The van der Waals surface area contributed by atoms with Crippen molar-refractivity contribution in [2.24, 2.45) is 0 Å². The van der Waals surface area contributed by atoms with Crippen LogP contribution >= 0.6 is 15.9 Å². The van der Waals surface area contributed by atoms with Gasteiger partial charge in [-0.3, -0.25) is 4.79 Å². The lowest BCUT2D eigenvalue weighted by Gasteiger charge is -2.08. The van der Waals surface area contributed by atoms with Crippen molar-refractivity contribution in [3.8, 4) is 0 Å². The number of amides is 1. The molecule has 106 valence electrons. The molecule has 0 unspecified atom stereocenters. The minimum Gasteiger partial charge on any atom is -0.370 e. The van der Waals surface area contributed by atoms with Crippen molar-refractivity contribution in [3.63, 3.8) is 0 Å². The van der Waals surface area contributed by atoms with Crippen LogP contribution < -0.4 is 5.32 Å². The maximum absolute atomic E-state index is 11.7. The summed E-state index contributed by atoms with van der Waals surface area (Å²) < 4.78 is 40.5. The molecule has 1 rings (SSSR count). The highest BCUT2D eigenvalue weighted by Crippen LogP contribution is 2.14. The second-order valence-corrected chi connectivity index (χ2v) is 4.74. The van der Waals surface area contributed by atoms with E-state index in [4.69, 9.17) is 0 Å². The van der Waals surface area contributed by atoms with Gasteiger partial charge in [-0.25, -0.2) is 0 Å². The molecule has 1 aromatic carbocycles. The summed E-state index contributed by atoms with van der Waals surface area (Å²) in [4.78, 5) is 11.5. The zero-order chi connectivity index (χ0) is 14.3. The van der Waals surface area contributed by atoms with Crippen LogP contribution in [-0.4, -0.2) is 31.8 Å². The third-order valence-electron chi connectivity index (χ3n) is 2.11. The predicted octanol–water partition coefficient (Wildman–Crippen LogP) is 2.69. The van der Waals surface area contributed by atoms with Crippen LogP contribution in [0.4, 0.5) is 13.2 Å². The molecule has 0 fully saturated rings. The summed E-state index contributed by atoms with van der Waals surface area (Å²) in [5.41, 5.74) is 0.830. The molecule has 19 heavy (non-hydrogen) atoms. The first-order valence-electron chi connectivity index (χ1n) is 5.52. The number of alkyl halides is 3. The molecule has 7 heteroatoms. The second-order valence-electron chi connectivity index (χ2n) is 3.82. The van der Waals surface area contributed by atoms with Crippen molar-refractivity contribution >= 4 is 21.8 Å². The molecule has 0 spiro atoms. The van der Waals surface area contributed by atoms with Gasteiger partial charge in [-0.2, -0.15) is 13.2 Å². The standard InChI is InChI=1S/C12H13BrF3NO2/c13-10-3-1-9(2-4-10)7-11(18)17-5-6-19-8-12(14,15)16/h1-4H,5-8H2,(H,17,18). The summed E-state index contributed by atoms with van der Waals surface area (Å²) in [7, 11) is 0. The maximum atomic E-state index is 11.7. The summed E-state index contributed by atoms with van der Waals surface area (Å²) in [6.45, 7) is -1.40. The molecular weight excluding hydrogens is 327 g/mol. The molecule has 0 heterocycles. The number of hydrogen-bond donors (Lipinski definition) is 1. The van der Waals surface area contributed by atoms with Gasteiger partial charge >= 0.3 is 6.18 Å². The SMILES string of the molecule is O=C(Cc1ccc(Br)cc1)NCCOCC(F)(F)F. The lowest BCUT2D eigenvalue weighted by atomic mass is 10.1. The van der Waals surface area contributed by atoms with E-state index >= 15 is 0 Å². The molecule has 0 aromatic heterocycles. The summed E-state index contributed by atoms with van der Waals surface area (Å²) in [5, 5.41) is 2.49. The average molecular weight is 340 g/mol. The van der Waals surface area contributed by atoms with Crippen LogP contribution in [0.1, 0.15) is 5.56 Å². The van der Waals surface area contributed by atoms with Crippen molar-refractivity contribution in [1.82, 2.24) is 5.32 Å². The Kier molecular flexibility index (Phi) is 6.30. The molecule has 0 saturated carbocycles. The van der Waals surface area contributed by atoms with Crippen LogP contribution in [0.3, 0.4) is 0 Å². The quantitative estimate of drug-likeness (QED) is 0.809. The van der Waals surface area contributed by atoms with Gasteiger partial charge in [0.2, 0.25) is 5.91 Å². The van der Waals surface area contributed by atoms with Crippen LogP contribution in [-0.2, 0) is 16.0 Å². The topological polar surface area (TPSA) is 38.3 Å². The highest BCUT2D eigenvalue weighted by molar-refractivity contribution is 9.10. The molecule has 0 bridgehead atoms. The van der Waals surface area contributed by atoms with E-state index in [9.17, 15) is 18.0 Å². The Bertz CT molecular complexity index is 406. The third kappa shape index (κ3) is 7.84. The molecule has 1 aromatic rings. The Labute approximate surface area is 117 Å². The molecule has 1 N–H and O–H groups in total. The van der Waals surface area contributed by atoms with Gasteiger partial charge in [-0.15, -0.1) is 0 Å². The van der Waals surface area contributed by atoms with Crippen LogP contribution in [0.5, 0.6) is 0 Å². The maximum Gasteiger partial charge on any atom is 0.411 e. The summed E-state index contributed by atoms with van der Waals surface area (Å²) in [6.07, 6.45) is -4.14. The van der Waals surface area contributed by atoms with E-state index in [0.29, 0.717) is 0 Å². The summed E-state index contributed by atoms with van der Waals surface area (Å²) >= 11 is 3.28. The molecule has 0 radical (unpaired) electrons. The minimum atomic E-state index is -4.33. The van der Waals surface area contributed by atoms with Crippen LogP contribution in [0.2, 0.25) is 0 Å². The highest BCUT2D eigenvalue weighted by atomic mass is 79.9. The number of halogens is 4. The first-order chi connectivity index (χ1) is 8.87. The van der Waals surface area contributed by atoms with Crippen molar-refractivity contribution in [2.75, 3.05) is 19.8 Å². The van der Waals surface area contributed by atoms with Gasteiger partial charge in [0, 0.05) is 11.0 Å². The van der Waals surface area contributed by atoms with Gasteiger partial charge < -0.3 is 10.1 Å². The monoisotopic (exact) mass is 339 g/mol. The van der Waals surface area contributed by atoms with E-state index in [2.05, 4.69) is 26.0 Å². The molecule has 0 atom stereocenters. The van der Waals surface area contributed by atoms with E-state index in [1.165, 1.54) is 0 Å². The molecule has 1 amide bonds. The van der Waals surface area contributed by atoms with Crippen molar-refractivity contribution in [1.29, 1.82) is 0 Å². The lowest BCUT2D eigenvalue weighted by Crippen LogP contribution is -2.30. The van der Waals surface area contributed by atoms with E-state index < -0.39 is 12.8 Å². The van der Waals surface area contributed by atoms with Gasteiger partial charge in [-0.05, 0) is 17.7 Å². The first kappa shape index (κ1) is 16.0. The average Bonchev–Trinajstić information content (AvgIpc) is 2.30. The van der Waals surface area contributed by atoms with E-state index in [-0.39, 0.29) is 25.5 Å². The number of carbonyl (C=O) groups excluding carboxylic acids is 1. The Morgan fingerprint density at radius 1 is 1.26 bits per heavy atom. The Hall–Kier alpha value is -1.08. The largest absolute Gasteiger partial charge is 0.411 e. The zero-order valence-corrected chi connectivity index (χ0v) is 11.6. The van der Waals surface area contributed by atoms with E-state index in [0.717, 1.165) is 10.0 Å². The zero-order valence-electron chi connectivity index (χ0n) is 9.97.